The maximum Gasteiger partial charge on any atom is 0.309 e. The van der Waals surface area contributed by atoms with Gasteiger partial charge in [-0.25, -0.2) is 4.39 Å². The summed E-state index contributed by atoms with van der Waals surface area (Å²) in [5.41, 5.74) is 1.17. The Morgan fingerprint density at radius 2 is 2.00 bits per heavy atom. The van der Waals surface area contributed by atoms with Gasteiger partial charge in [0.05, 0.1) is 5.41 Å². The van der Waals surface area contributed by atoms with Crippen molar-refractivity contribution in [3.63, 3.8) is 0 Å². The molecule has 3 aliphatic carbocycles. The van der Waals surface area contributed by atoms with Crippen LogP contribution in [0, 0.1) is 18.2 Å². The van der Waals surface area contributed by atoms with Crippen LogP contribution in [0.5, 0.6) is 0 Å². The summed E-state index contributed by atoms with van der Waals surface area (Å²) in [7, 11) is 0. The Kier molecular flexibility index (Phi) is 1.63. The number of benzene rings is 1. The van der Waals surface area contributed by atoms with Crippen LogP contribution in [0.4, 0.5) is 4.39 Å². The molecule has 3 fully saturated rings. The maximum atomic E-state index is 13.4. The second-order valence-corrected chi connectivity index (χ2v) is 5.31. The van der Waals surface area contributed by atoms with Gasteiger partial charge in [0.1, 0.15) is 5.82 Å². The molecule has 0 radical (unpaired) electrons. The van der Waals surface area contributed by atoms with E-state index in [4.69, 9.17) is 5.11 Å². The van der Waals surface area contributed by atoms with Crippen molar-refractivity contribution in [2.24, 2.45) is 5.41 Å². The molecule has 0 atom stereocenters. The zero-order valence-corrected chi connectivity index (χ0v) is 9.09. The molecule has 0 unspecified atom stereocenters. The van der Waals surface area contributed by atoms with Crippen molar-refractivity contribution in [1.82, 2.24) is 0 Å². The Balaban J connectivity index is 1.93. The lowest BCUT2D eigenvalue weighted by Gasteiger charge is -2.68. The molecule has 2 nitrogen and oxygen atoms in total. The third-order valence-corrected chi connectivity index (χ3v) is 4.32. The first-order valence-electron chi connectivity index (χ1n) is 5.48. The summed E-state index contributed by atoms with van der Waals surface area (Å²) >= 11 is 0. The fourth-order valence-corrected chi connectivity index (χ4v) is 3.48. The highest BCUT2D eigenvalue weighted by Gasteiger charge is 2.72. The van der Waals surface area contributed by atoms with E-state index in [0.29, 0.717) is 24.8 Å². The van der Waals surface area contributed by atoms with Gasteiger partial charge in [0.25, 0.3) is 0 Å². The molecule has 1 aromatic carbocycles. The van der Waals surface area contributed by atoms with Crippen LogP contribution in [0.1, 0.15) is 30.4 Å². The molecule has 0 heterocycles. The van der Waals surface area contributed by atoms with Gasteiger partial charge in [-0.2, -0.15) is 0 Å². The van der Waals surface area contributed by atoms with E-state index in [9.17, 15) is 9.18 Å². The maximum absolute atomic E-state index is 13.4. The Bertz CT molecular complexity index is 473. The molecular weight excluding hydrogens is 207 g/mol. The van der Waals surface area contributed by atoms with Crippen LogP contribution in [0.25, 0.3) is 0 Å². The summed E-state index contributed by atoms with van der Waals surface area (Å²) in [4.78, 5) is 11.0. The Morgan fingerprint density at radius 3 is 2.56 bits per heavy atom. The molecule has 2 bridgehead atoms. The third kappa shape index (κ3) is 0.938. The Hall–Kier alpha value is -1.38. The lowest BCUT2D eigenvalue weighted by molar-refractivity contribution is -0.194. The van der Waals surface area contributed by atoms with Crippen molar-refractivity contribution in [3.8, 4) is 0 Å². The van der Waals surface area contributed by atoms with Gasteiger partial charge >= 0.3 is 5.97 Å². The Morgan fingerprint density at radius 1 is 1.38 bits per heavy atom. The van der Waals surface area contributed by atoms with E-state index in [2.05, 4.69) is 0 Å². The topological polar surface area (TPSA) is 37.3 Å². The zero-order chi connectivity index (χ0) is 11.6. The van der Waals surface area contributed by atoms with Gasteiger partial charge < -0.3 is 5.11 Å². The van der Waals surface area contributed by atoms with Crippen molar-refractivity contribution in [2.45, 2.75) is 31.6 Å². The molecule has 0 amide bonds. The van der Waals surface area contributed by atoms with Crippen molar-refractivity contribution < 1.29 is 14.3 Å². The second kappa shape index (κ2) is 2.65. The van der Waals surface area contributed by atoms with Crippen molar-refractivity contribution in [3.05, 3.63) is 35.1 Å². The summed E-state index contributed by atoms with van der Waals surface area (Å²) in [6.45, 7) is 1.78. The van der Waals surface area contributed by atoms with Crippen LogP contribution < -0.4 is 0 Å². The second-order valence-electron chi connectivity index (χ2n) is 5.31. The minimum atomic E-state index is -0.691. The predicted molar refractivity (Wildman–Crippen MR) is 56.7 cm³/mol. The highest BCUT2D eigenvalue weighted by atomic mass is 19.1. The number of hydrogen-bond donors (Lipinski definition) is 1. The predicted octanol–water partition coefficient (Wildman–Crippen LogP) is 2.64. The zero-order valence-electron chi connectivity index (χ0n) is 9.09. The van der Waals surface area contributed by atoms with Crippen LogP contribution in [0.3, 0.4) is 0 Å². The number of carbonyl (C=O) groups is 1. The largest absolute Gasteiger partial charge is 0.481 e. The molecule has 1 N–H and O–H groups in total. The van der Waals surface area contributed by atoms with Gasteiger partial charge in [-0.05, 0) is 48.8 Å². The van der Waals surface area contributed by atoms with Crippen molar-refractivity contribution >= 4 is 5.97 Å². The lowest BCUT2D eigenvalue weighted by atomic mass is 9.33. The van der Waals surface area contributed by atoms with Gasteiger partial charge in [-0.3, -0.25) is 4.79 Å². The fourth-order valence-electron chi connectivity index (χ4n) is 3.48. The molecule has 0 aromatic heterocycles. The van der Waals surface area contributed by atoms with Crippen molar-refractivity contribution in [1.29, 1.82) is 0 Å². The standard InChI is InChI=1S/C13H13FO2/c1-8-9(3-2-4-10(8)14)12-5-13(6-12,7-12)11(15)16/h2-4H,5-7H2,1H3,(H,15,16). The SMILES string of the molecule is Cc1c(F)cccc1C12CC(C(=O)O)(C1)C2. The van der Waals surface area contributed by atoms with Crippen LogP contribution in [-0.4, -0.2) is 11.1 Å². The van der Waals surface area contributed by atoms with Crippen LogP contribution in [0.15, 0.2) is 18.2 Å². The first-order valence-corrected chi connectivity index (χ1v) is 5.48. The van der Waals surface area contributed by atoms with Crippen LogP contribution >= 0.6 is 0 Å². The molecule has 3 saturated carbocycles. The first-order chi connectivity index (χ1) is 7.49. The van der Waals surface area contributed by atoms with E-state index < -0.39 is 11.4 Å². The number of aliphatic carboxylic acids is 1. The van der Waals surface area contributed by atoms with Crippen LogP contribution in [-0.2, 0) is 10.2 Å². The third-order valence-electron chi connectivity index (χ3n) is 4.32. The minimum Gasteiger partial charge on any atom is -0.481 e. The van der Waals surface area contributed by atoms with Crippen molar-refractivity contribution in [2.75, 3.05) is 0 Å². The van der Waals surface area contributed by atoms with Gasteiger partial charge in [-0.1, -0.05) is 12.1 Å². The molecule has 0 saturated heterocycles. The number of carboxylic acids is 1. The molecule has 3 heteroatoms. The monoisotopic (exact) mass is 220 g/mol. The Labute approximate surface area is 93.1 Å². The van der Waals surface area contributed by atoms with E-state index in [0.717, 1.165) is 5.56 Å². The van der Waals surface area contributed by atoms with E-state index in [1.165, 1.54) is 6.07 Å². The fraction of sp³-hybridized carbons (Fsp3) is 0.462. The molecule has 0 aliphatic heterocycles. The summed E-state index contributed by atoms with van der Waals surface area (Å²) in [5.74, 6) is -0.880. The van der Waals surface area contributed by atoms with Gasteiger partial charge in [-0.15, -0.1) is 0 Å². The van der Waals surface area contributed by atoms with E-state index in [-0.39, 0.29) is 11.2 Å². The van der Waals surface area contributed by atoms with E-state index in [1.54, 1.807) is 13.0 Å². The summed E-state index contributed by atoms with van der Waals surface area (Å²) in [6.07, 6.45) is 2.04. The lowest BCUT2D eigenvalue weighted by Crippen LogP contribution is -2.68. The average molecular weight is 220 g/mol. The smallest absolute Gasteiger partial charge is 0.309 e. The molecule has 16 heavy (non-hydrogen) atoms. The molecule has 3 aliphatic rings. The van der Waals surface area contributed by atoms with Gasteiger partial charge in [0.2, 0.25) is 0 Å². The van der Waals surface area contributed by atoms with E-state index in [1.807, 2.05) is 6.07 Å². The highest BCUT2D eigenvalue weighted by molar-refractivity contribution is 5.81. The summed E-state index contributed by atoms with van der Waals surface area (Å²) in [6, 6.07) is 5.10. The summed E-state index contributed by atoms with van der Waals surface area (Å²) in [5, 5.41) is 9.04. The first kappa shape index (κ1) is 9.82. The molecule has 0 spiro atoms. The van der Waals surface area contributed by atoms with E-state index >= 15 is 0 Å². The average Bonchev–Trinajstić information content (AvgIpc) is 2.07. The number of halogens is 1. The molecule has 4 rings (SSSR count). The summed E-state index contributed by atoms with van der Waals surface area (Å²) < 4.78 is 13.4. The van der Waals surface area contributed by atoms with Gasteiger partial charge in [0, 0.05) is 0 Å². The molecule has 1 aromatic rings. The minimum absolute atomic E-state index is 0.0371. The normalized spacial score (nSPS) is 35.1. The van der Waals surface area contributed by atoms with Crippen LogP contribution in [0.2, 0.25) is 0 Å². The number of rotatable bonds is 2. The quantitative estimate of drug-likeness (QED) is 0.831. The highest BCUT2D eigenvalue weighted by Crippen LogP contribution is 2.74. The number of hydrogen-bond acceptors (Lipinski definition) is 1. The molecule has 84 valence electrons. The number of carboxylic acid groups (broad SMARTS) is 1. The van der Waals surface area contributed by atoms with Gasteiger partial charge in [0.15, 0.2) is 0 Å². The molecular formula is C13H13FO2.